The third kappa shape index (κ3) is 2.33. The van der Waals surface area contributed by atoms with E-state index >= 15 is 0 Å². The van der Waals surface area contributed by atoms with E-state index in [0.717, 1.165) is 0 Å². The van der Waals surface area contributed by atoms with Crippen LogP contribution < -0.4 is 5.73 Å². The van der Waals surface area contributed by atoms with Gasteiger partial charge >= 0.3 is 5.97 Å². The molecule has 4 N–H and O–H groups in total. The van der Waals surface area contributed by atoms with Gasteiger partial charge in [-0.2, -0.15) is 0 Å². The highest BCUT2D eigenvalue weighted by atomic mass is 16.4. The summed E-state index contributed by atoms with van der Waals surface area (Å²) < 4.78 is 0. The van der Waals surface area contributed by atoms with Crippen LogP contribution >= 0.6 is 0 Å². The number of hydrogen-bond donors (Lipinski definition) is 3. The van der Waals surface area contributed by atoms with Gasteiger partial charge in [-0.3, -0.25) is 4.79 Å². The number of hydrogen-bond acceptors (Lipinski definition) is 3. The lowest BCUT2D eigenvalue weighted by Gasteiger charge is -2.17. The first kappa shape index (κ1) is 9.39. The monoisotopic (exact) mass is 147 g/mol. The summed E-state index contributed by atoms with van der Waals surface area (Å²) in [5.41, 5.74) is 5.20. The van der Waals surface area contributed by atoms with E-state index in [0.29, 0.717) is 0 Å². The number of carbonyl (C=O) groups is 1. The van der Waals surface area contributed by atoms with Crippen molar-refractivity contribution in [3.63, 3.8) is 0 Å². The van der Waals surface area contributed by atoms with Crippen molar-refractivity contribution in [2.75, 3.05) is 0 Å². The molecule has 0 aliphatic carbocycles. The van der Waals surface area contributed by atoms with Crippen LogP contribution in [0.25, 0.3) is 0 Å². The van der Waals surface area contributed by atoms with Gasteiger partial charge in [-0.25, -0.2) is 0 Å². The smallest absolute Gasteiger partial charge is 0.320 e. The molecule has 0 aliphatic rings. The van der Waals surface area contributed by atoms with E-state index in [1.807, 2.05) is 0 Å². The normalized spacial score (nSPS) is 19.6. The lowest BCUT2D eigenvalue weighted by Crippen LogP contribution is -2.41. The van der Waals surface area contributed by atoms with Gasteiger partial charge in [0.25, 0.3) is 0 Å². The predicted molar refractivity (Wildman–Crippen MR) is 36.5 cm³/mol. The Morgan fingerprint density at radius 2 is 1.90 bits per heavy atom. The SMILES string of the molecule is C[C@H]([C@H](N)C(=O)O)[C@@H](C)O. The van der Waals surface area contributed by atoms with E-state index in [9.17, 15) is 4.79 Å². The number of carboxylic acid groups (broad SMARTS) is 1. The Morgan fingerprint density at radius 1 is 1.50 bits per heavy atom. The molecule has 0 amide bonds. The van der Waals surface area contributed by atoms with E-state index in [1.54, 1.807) is 6.92 Å². The number of rotatable bonds is 3. The lowest BCUT2D eigenvalue weighted by atomic mass is 9.98. The molecule has 60 valence electrons. The molecule has 0 spiro atoms. The average Bonchev–Trinajstić information content (AvgIpc) is 1.84. The number of aliphatic carboxylic acids is 1. The third-order valence-corrected chi connectivity index (χ3v) is 1.61. The van der Waals surface area contributed by atoms with Crippen molar-refractivity contribution < 1.29 is 15.0 Å². The number of aliphatic hydroxyl groups is 1. The maximum atomic E-state index is 10.2. The van der Waals surface area contributed by atoms with Gasteiger partial charge in [-0.05, 0) is 6.92 Å². The van der Waals surface area contributed by atoms with E-state index in [4.69, 9.17) is 15.9 Å². The maximum absolute atomic E-state index is 10.2. The van der Waals surface area contributed by atoms with Gasteiger partial charge in [-0.1, -0.05) is 6.92 Å². The Bertz CT molecular complexity index is 124. The zero-order chi connectivity index (χ0) is 8.31. The minimum absolute atomic E-state index is 0.405. The summed E-state index contributed by atoms with van der Waals surface area (Å²) in [7, 11) is 0. The quantitative estimate of drug-likeness (QED) is 0.498. The molecule has 4 heteroatoms. The second-order valence-corrected chi connectivity index (χ2v) is 2.46. The molecule has 0 fully saturated rings. The topological polar surface area (TPSA) is 83.6 Å². The Kier molecular flexibility index (Phi) is 3.32. The standard InChI is InChI=1S/C6H13NO3/c1-3(4(2)8)5(7)6(9)10/h3-5,8H,7H2,1-2H3,(H,9,10)/t3-,4+,5-/m0/s1. The van der Waals surface area contributed by atoms with Crippen LogP contribution in [0.5, 0.6) is 0 Å². The fourth-order valence-corrected chi connectivity index (χ4v) is 0.525. The molecule has 4 nitrogen and oxygen atoms in total. The van der Waals surface area contributed by atoms with Gasteiger partial charge in [0.1, 0.15) is 6.04 Å². The highest BCUT2D eigenvalue weighted by molar-refractivity contribution is 5.73. The molecule has 0 heterocycles. The summed E-state index contributed by atoms with van der Waals surface area (Å²) in [5, 5.41) is 17.3. The average molecular weight is 147 g/mol. The molecule has 0 unspecified atom stereocenters. The van der Waals surface area contributed by atoms with Gasteiger partial charge in [0.15, 0.2) is 0 Å². The fraction of sp³-hybridized carbons (Fsp3) is 0.833. The molecule has 0 saturated heterocycles. The van der Waals surface area contributed by atoms with E-state index < -0.39 is 24.0 Å². The van der Waals surface area contributed by atoms with Gasteiger partial charge in [0, 0.05) is 5.92 Å². The first-order valence-electron chi connectivity index (χ1n) is 3.13. The summed E-state index contributed by atoms with van der Waals surface area (Å²) >= 11 is 0. The molecule has 0 rings (SSSR count). The first-order chi connectivity index (χ1) is 4.46. The van der Waals surface area contributed by atoms with Gasteiger partial charge in [0.05, 0.1) is 6.10 Å². The highest BCUT2D eigenvalue weighted by Gasteiger charge is 2.23. The minimum Gasteiger partial charge on any atom is -0.480 e. The molecule has 0 aromatic heterocycles. The van der Waals surface area contributed by atoms with Crippen LogP contribution in [0.1, 0.15) is 13.8 Å². The molecule has 0 aliphatic heterocycles. The van der Waals surface area contributed by atoms with E-state index in [2.05, 4.69) is 0 Å². The molecule has 0 aromatic rings. The largest absolute Gasteiger partial charge is 0.480 e. The van der Waals surface area contributed by atoms with Crippen molar-refractivity contribution in [1.29, 1.82) is 0 Å². The van der Waals surface area contributed by atoms with E-state index in [-0.39, 0.29) is 0 Å². The minimum atomic E-state index is -1.08. The van der Waals surface area contributed by atoms with Crippen molar-refractivity contribution in [3.8, 4) is 0 Å². The van der Waals surface area contributed by atoms with Crippen molar-refractivity contribution in [3.05, 3.63) is 0 Å². The summed E-state index contributed by atoms with van der Waals surface area (Å²) in [4.78, 5) is 10.2. The van der Waals surface area contributed by atoms with Crippen LogP contribution in [-0.4, -0.2) is 28.3 Å². The van der Waals surface area contributed by atoms with Crippen molar-refractivity contribution in [2.24, 2.45) is 11.7 Å². The summed E-state index contributed by atoms with van der Waals surface area (Å²) in [6, 6.07) is -0.972. The second kappa shape index (κ2) is 3.53. The Labute approximate surface area is 59.7 Å². The molecule has 0 radical (unpaired) electrons. The van der Waals surface area contributed by atoms with Crippen molar-refractivity contribution in [1.82, 2.24) is 0 Å². The van der Waals surface area contributed by atoms with Crippen LogP contribution in [0.15, 0.2) is 0 Å². The maximum Gasteiger partial charge on any atom is 0.320 e. The summed E-state index contributed by atoms with van der Waals surface area (Å²) in [6.45, 7) is 3.12. The number of nitrogens with two attached hydrogens (primary N) is 1. The highest BCUT2D eigenvalue weighted by Crippen LogP contribution is 2.05. The van der Waals surface area contributed by atoms with Crippen LogP contribution in [0.2, 0.25) is 0 Å². The third-order valence-electron chi connectivity index (χ3n) is 1.61. The van der Waals surface area contributed by atoms with Gasteiger partial charge in [0.2, 0.25) is 0 Å². The summed E-state index contributed by atoms with van der Waals surface area (Å²) in [6.07, 6.45) is -0.675. The number of carboxylic acids is 1. The number of aliphatic hydroxyl groups excluding tert-OH is 1. The molecular formula is C6H13NO3. The molecule has 3 atom stereocenters. The van der Waals surface area contributed by atoms with Crippen molar-refractivity contribution >= 4 is 5.97 Å². The molecular weight excluding hydrogens is 134 g/mol. The second-order valence-electron chi connectivity index (χ2n) is 2.46. The predicted octanol–water partition coefficient (Wildman–Crippen LogP) is -0.585. The van der Waals surface area contributed by atoms with Crippen LogP contribution in [0.4, 0.5) is 0 Å². The molecule has 0 saturated carbocycles. The first-order valence-corrected chi connectivity index (χ1v) is 3.13. The Morgan fingerprint density at radius 3 is 2.00 bits per heavy atom. The zero-order valence-corrected chi connectivity index (χ0v) is 6.11. The van der Waals surface area contributed by atoms with Crippen molar-refractivity contribution in [2.45, 2.75) is 26.0 Å². The van der Waals surface area contributed by atoms with Gasteiger partial charge in [-0.15, -0.1) is 0 Å². The fourth-order valence-electron chi connectivity index (χ4n) is 0.525. The zero-order valence-electron chi connectivity index (χ0n) is 6.11. The Balaban J connectivity index is 3.94. The van der Waals surface area contributed by atoms with E-state index in [1.165, 1.54) is 6.92 Å². The van der Waals surface area contributed by atoms with Crippen LogP contribution in [-0.2, 0) is 4.79 Å². The summed E-state index contributed by atoms with van der Waals surface area (Å²) in [5.74, 6) is -1.48. The van der Waals surface area contributed by atoms with Crippen LogP contribution in [0.3, 0.4) is 0 Å². The Hall–Kier alpha value is -0.610. The van der Waals surface area contributed by atoms with Gasteiger partial charge < -0.3 is 15.9 Å². The molecule has 10 heavy (non-hydrogen) atoms. The van der Waals surface area contributed by atoms with Crippen LogP contribution in [0, 0.1) is 5.92 Å². The lowest BCUT2D eigenvalue weighted by molar-refractivity contribution is -0.140. The molecule has 0 aromatic carbocycles. The molecule has 0 bridgehead atoms.